The molecule has 1 aliphatic heterocycles. The van der Waals surface area contributed by atoms with E-state index in [1.54, 1.807) is 18.6 Å². The Balaban J connectivity index is 1.67. The van der Waals surface area contributed by atoms with Crippen molar-refractivity contribution in [2.75, 3.05) is 17.2 Å². The van der Waals surface area contributed by atoms with E-state index >= 15 is 0 Å². The van der Waals surface area contributed by atoms with E-state index in [1.807, 2.05) is 17.9 Å². The van der Waals surface area contributed by atoms with Crippen molar-refractivity contribution in [1.29, 1.82) is 0 Å². The molecule has 0 aromatic carbocycles. The van der Waals surface area contributed by atoms with Crippen LogP contribution in [0.5, 0.6) is 0 Å². The van der Waals surface area contributed by atoms with E-state index < -0.39 is 28.0 Å². The first-order valence-electron chi connectivity index (χ1n) is 9.04. The average Bonchev–Trinajstić information content (AvgIpc) is 3.09. The van der Waals surface area contributed by atoms with Gasteiger partial charge in [-0.2, -0.15) is 18.3 Å². The zero-order valence-corrected chi connectivity index (χ0v) is 16.3. The van der Waals surface area contributed by atoms with Gasteiger partial charge in [0, 0.05) is 47.2 Å². The lowest BCUT2D eigenvalue weighted by Gasteiger charge is -2.39. The number of fused-ring (bicyclic) bond motifs is 3. The number of alkyl halides is 3. The van der Waals surface area contributed by atoms with E-state index in [-0.39, 0.29) is 12.6 Å². The summed E-state index contributed by atoms with van der Waals surface area (Å²) in [5, 5.41) is 10.7. The molecular formula is C17H19F3N6O2S. The lowest BCUT2D eigenvalue weighted by molar-refractivity contribution is -0.106. The lowest BCUT2D eigenvalue weighted by atomic mass is 9.99. The summed E-state index contributed by atoms with van der Waals surface area (Å²) >= 11 is 0. The van der Waals surface area contributed by atoms with Gasteiger partial charge in [0.2, 0.25) is 10.0 Å². The minimum Gasteiger partial charge on any atom is -0.350 e. The van der Waals surface area contributed by atoms with Crippen molar-refractivity contribution in [3.05, 3.63) is 24.7 Å². The Morgan fingerprint density at radius 3 is 2.86 bits per heavy atom. The molecule has 156 valence electrons. The first-order chi connectivity index (χ1) is 13.6. The predicted octanol–water partition coefficient (Wildman–Crippen LogP) is 2.35. The largest absolute Gasteiger partial charge is 0.404 e. The molecule has 0 saturated carbocycles. The first-order valence-corrected chi connectivity index (χ1v) is 10.7. The van der Waals surface area contributed by atoms with Crippen molar-refractivity contribution in [3.8, 4) is 0 Å². The highest BCUT2D eigenvalue weighted by molar-refractivity contribution is 7.89. The SMILES string of the molecule is CC1CCC(NS(=O)(=O)CC(F)(F)F)CN1c1nncc2cnc3[nH]ccc3c12. The third kappa shape index (κ3) is 4.13. The molecule has 1 fully saturated rings. The van der Waals surface area contributed by atoms with E-state index in [1.165, 1.54) is 0 Å². The van der Waals surface area contributed by atoms with Gasteiger partial charge < -0.3 is 9.88 Å². The van der Waals surface area contributed by atoms with Crippen molar-refractivity contribution < 1.29 is 21.6 Å². The number of aromatic nitrogens is 4. The number of halogens is 3. The van der Waals surface area contributed by atoms with E-state index in [4.69, 9.17) is 0 Å². The Bertz CT molecular complexity index is 1150. The summed E-state index contributed by atoms with van der Waals surface area (Å²) in [5.41, 5.74) is 0.679. The van der Waals surface area contributed by atoms with Crippen LogP contribution in [-0.4, -0.2) is 59.1 Å². The standard InChI is InChI=1S/C17H19F3N6O2S/c1-10-2-3-12(25-29(27,28)9-17(18,19)20)8-26(10)16-14-11(7-23-24-16)6-22-15-13(14)4-5-21-15/h4-7,10,12,25H,2-3,8-9H2,1H3,(H,21,22). The van der Waals surface area contributed by atoms with Gasteiger partial charge in [0.25, 0.3) is 0 Å². The van der Waals surface area contributed by atoms with Gasteiger partial charge in [-0.25, -0.2) is 18.1 Å². The normalized spacial score (nSPS) is 21.2. The van der Waals surface area contributed by atoms with E-state index in [9.17, 15) is 21.6 Å². The molecule has 4 rings (SSSR count). The summed E-state index contributed by atoms with van der Waals surface area (Å²) in [7, 11) is -4.48. The van der Waals surface area contributed by atoms with Crippen molar-refractivity contribution in [2.24, 2.45) is 0 Å². The molecule has 1 aliphatic rings. The molecule has 1 saturated heterocycles. The Morgan fingerprint density at radius 1 is 1.31 bits per heavy atom. The number of H-pyrrole nitrogens is 1. The Kier molecular flexibility index (Phi) is 4.85. The number of aromatic amines is 1. The number of rotatable bonds is 4. The summed E-state index contributed by atoms with van der Waals surface area (Å²) in [5.74, 6) is -1.34. The number of hydrogen-bond acceptors (Lipinski definition) is 6. The molecule has 3 aromatic rings. The van der Waals surface area contributed by atoms with Crippen LogP contribution in [-0.2, 0) is 10.0 Å². The fourth-order valence-electron chi connectivity index (χ4n) is 3.78. The second-order valence-corrected chi connectivity index (χ2v) is 9.02. The molecule has 8 nitrogen and oxygen atoms in total. The highest BCUT2D eigenvalue weighted by atomic mass is 32.2. The number of piperidine rings is 1. The zero-order valence-electron chi connectivity index (χ0n) is 15.4. The van der Waals surface area contributed by atoms with Crippen LogP contribution in [0.25, 0.3) is 21.8 Å². The van der Waals surface area contributed by atoms with Gasteiger partial charge >= 0.3 is 6.18 Å². The van der Waals surface area contributed by atoms with Crippen molar-refractivity contribution in [3.63, 3.8) is 0 Å². The van der Waals surface area contributed by atoms with Gasteiger partial charge in [-0.15, -0.1) is 5.10 Å². The van der Waals surface area contributed by atoms with Crippen LogP contribution in [0.2, 0.25) is 0 Å². The minimum atomic E-state index is -4.79. The molecular weight excluding hydrogens is 409 g/mol. The van der Waals surface area contributed by atoms with Crippen LogP contribution >= 0.6 is 0 Å². The predicted molar refractivity (Wildman–Crippen MR) is 102 cm³/mol. The summed E-state index contributed by atoms with van der Waals surface area (Å²) < 4.78 is 63.6. The molecule has 0 amide bonds. The molecule has 0 aliphatic carbocycles. The van der Waals surface area contributed by atoms with Crippen molar-refractivity contribution in [2.45, 2.75) is 38.0 Å². The molecule has 29 heavy (non-hydrogen) atoms. The number of sulfonamides is 1. The Labute approximate surface area is 164 Å². The summed E-state index contributed by atoms with van der Waals surface area (Å²) in [6, 6.07) is 1.23. The minimum absolute atomic E-state index is 0.0143. The van der Waals surface area contributed by atoms with E-state index in [0.717, 1.165) is 16.2 Å². The zero-order chi connectivity index (χ0) is 20.8. The monoisotopic (exact) mass is 428 g/mol. The van der Waals surface area contributed by atoms with Crippen molar-refractivity contribution in [1.82, 2.24) is 24.9 Å². The molecule has 12 heteroatoms. The highest BCUT2D eigenvalue weighted by Gasteiger charge is 2.37. The number of nitrogens with one attached hydrogen (secondary N) is 2. The maximum Gasteiger partial charge on any atom is 0.404 e. The average molecular weight is 428 g/mol. The molecule has 2 unspecified atom stereocenters. The topological polar surface area (TPSA) is 104 Å². The lowest BCUT2D eigenvalue weighted by Crippen LogP contribution is -2.52. The fourth-order valence-corrected chi connectivity index (χ4v) is 4.99. The van der Waals surface area contributed by atoms with E-state index in [2.05, 4.69) is 24.9 Å². The summed E-state index contributed by atoms with van der Waals surface area (Å²) in [4.78, 5) is 9.27. The quantitative estimate of drug-likeness (QED) is 0.661. The maximum absolute atomic E-state index is 12.5. The molecule has 2 atom stereocenters. The van der Waals surface area contributed by atoms with Crippen LogP contribution in [0.15, 0.2) is 24.7 Å². The van der Waals surface area contributed by atoms with Crippen molar-refractivity contribution >= 4 is 37.6 Å². The second kappa shape index (κ2) is 7.10. The number of pyridine rings is 1. The Hall–Kier alpha value is -2.47. The van der Waals surface area contributed by atoms with Gasteiger partial charge in [-0.05, 0) is 25.8 Å². The van der Waals surface area contributed by atoms with Gasteiger partial charge in [-0.3, -0.25) is 0 Å². The molecule has 0 bridgehead atoms. The number of nitrogens with zero attached hydrogens (tertiary/aromatic N) is 4. The second-order valence-electron chi connectivity index (χ2n) is 7.26. The smallest absolute Gasteiger partial charge is 0.350 e. The molecule has 4 heterocycles. The molecule has 0 spiro atoms. The Morgan fingerprint density at radius 2 is 2.10 bits per heavy atom. The third-order valence-electron chi connectivity index (χ3n) is 5.04. The van der Waals surface area contributed by atoms with Crippen LogP contribution < -0.4 is 9.62 Å². The van der Waals surface area contributed by atoms with E-state index in [0.29, 0.717) is 24.3 Å². The summed E-state index contributed by atoms with van der Waals surface area (Å²) in [6.45, 7) is 2.16. The van der Waals surface area contributed by atoms with Gasteiger partial charge in [0.1, 0.15) is 5.65 Å². The number of anilines is 1. The van der Waals surface area contributed by atoms with Gasteiger partial charge in [0.15, 0.2) is 11.6 Å². The maximum atomic E-state index is 12.5. The summed E-state index contributed by atoms with van der Waals surface area (Å²) in [6.07, 6.45) is 1.27. The molecule has 3 aromatic heterocycles. The van der Waals surface area contributed by atoms with Crippen LogP contribution in [0.3, 0.4) is 0 Å². The highest BCUT2D eigenvalue weighted by Crippen LogP contribution is 2.33. The van der Waals surface area contributed by atoms with Gasteiger partial charge in [0.05, 0.1) is 6.20 Å². The molecule has 2 N–H and O–H groups in total. The molecule has 0 radical (unpaired) electrons. The number of hydrogen-bond donors (Lipinski definition) is 2. The van der Waals surface area contributed by atoms with Crippen LogP contribution in [0.1, 0.15) is 19.8 Å². The third-order valence-corrected chi connectivity index (χ3v) is 6.44. The van der Waals surface area contributed by atoms with Crippen LogP contribution in [0.4, 0.5) is 19.0 Å². The fraction of sp³-hybridized carbons (Fsp3) is 0.471. The van der Waals surface area contributed by atoms with Crippen LogP contribution in [0, 0.1) is 0 Å². The first kappa shape index (κ1) is 19.8. The van der Waals surface area contributed by atoms with Gasteiger partial charge in [-0.1, -0.05) is 0 Å².